The zero-order valence-corrected chi connectivity index (χ0v) is 14.6. The minimum Gasteiger partial charge on any atom is -0.497 e. The van der Waals surface area contributed by atoms with Crippen LogP contribution in [-0.2, 0) is 11.2 Å². The van der Waals surface area contributed by atoms with Crippen molar-refractivity contribution in [2.24, 2.45) is 5.92 Å². The van der Waals surface area contributed by atoms with Crippen molar-refractivity contribution >= 4 is 5.91 Å². The highest BCUT2D eigenvalue weighted by Gasteiger charge is 2.23. The van der Waals surface area contributed by atoms with E-state index < -0.39 is 0 Å². The summed E-state index contributed by atoms with van der Waals surface area (Å²) in [6, 6.07) is 11.4. The number of rotatable bonds is 6. The molecule has 3 rings (SSSR count). The van der Waals surface area contributed by atoms with Crippen LogP contribution in [0.25, 0.3) is 0 Å². The molecule has 1 aliphatic rings. The second-order valence-electron chi connectivity index (χ2n) is 6.35. The van der Waals surface area contributed by atoms with E-state index in [0.29, 0.717) is 11.7 Å². The average molecular weight is 340 g/mol. The van der Waals surface area contributed by atoms with Gasteiger partial charge in [0.2, 0.25) is 0 Å². The molecule has 25 heavy (non-hydrogen) atoms. The first-order valence-corrected chi connectivity index (χ1v) is 8.68. The third-order valence-electron chi connectivity index (χ3n) is 4.66. The number of likely N-dealkylation sites (tertiary alicyclic amines) is 1. The molecule has 1 aromatic heterocycles. The van der Waals surface area contributed by atoms with Crippen molar-refractivity contribution in [3.05, 3.63) is 54.4 Å². The van der Waals surface area contributed by atoms with Crippen LogP contribution in [0.2, 0.25) is 0 Å². The Morgan fingerprint density at radius 1 is 1.08 bits per heavy atom. The lowest BCUT2D eigenvalue weighted by molar-refractivity contribution is -0.134. The predicted molar refractivity (Wildman–Crippen MR) is 95.7 cm³/mol. The topological polar surface area (TPSA) is 51.7 Å². The number of aromatic nitrogens is 1. The Labute approximate surface area is 148 Å². The number of hydrogen-bond donors (Lipinski definition) is 0. The maximum atomic E-state index is 12.3. The van der Waals surface area contributed by atoms with E-state index in [-0.39, 0.29) is 12.5 Å². The number of pyridine rings is 1. The fourth-order valence-electron chi connectivity index (χ4n) is 3.15. The minimum atomic E-state index is 0.0539. The third kappa shape index (κ3) is 4.95. The number of amides is 1. The van der Waals surface area contributed by atoms with Gasteiger partial charge in [0.25, 0.3) is 5.91 Å². The number of benzene rings is 1. The number of hydrogen-bond acceptors (Lipinski definition) is 4. The third-order valence-corrected chi connectivity index (χ3v) is 4.66. The minimum absolute atomic E-state index is 0.0539. The predicted octanol–water partition coefficient (Wildman–Crippen LogP) is 2.95. The van der Waals surface area contributed by atoms with Crippen LogP contribution in [0.4, 0.5) is 0 Å². The van der Waals surface area contributed by atoms with Crippen LogP contribution in [0.1, 0.15) is 18.4 Å². The SMILES string of the molecule is COc1ccc(OCC(=O)N2CCC(Cc3ccncc3)CC2)cc1. The van der Waals surface area contributed by atoms with E-state index in [2.05, 4.69) is 17.1 Å². The fraction of sp³-hybridized carbons (Fsp3) is 0.400. The second kappa shape index (κ2) is 8.51. The molecule has 1 aliphatic heterocycles. The summed E-state index contributed by atoms with van der Waals surface area (Å²) >= 11 is 0. The molecule has 1 amide bonds. The van der Waals surface area contributed by atoms with Crippen LogP contribution < -0.4 is 9.47 Å². The van der Waals surface area contributed by atoms with Gasteiger partial charge in [0, 0.05) is 25.5 Å². The van der Waals surface area contributed by atoms with Gasteiger partial charge in [0.1, 0.15) is 11.5 Å². The Morgan fingerprint density at radius 2 is 1.72 bits per heavy atom. The molecule has 2 heterocycles. The van der Waals surface area contributed by atoms with Gasteiger partial charge in [0.05, 0.1) is 7.11 Å². The van der Waals surface area contributed by atoms with Gasteiger partial charge in [-0.1, -0.05) is 0 Å². The summed E-state index contributed by atoms with van der Waals surface area (Å²) < 4.78 is 10.7. The highest BCUT2D eigenvalue weighted by atomic mass is 16.5. The Morgan fingerprint density at radius 3 is 2.36 bits per heavy atom. The normalized spacial score (nSPS) is 15.0. The lowest BCUT2D eigenvalue weighted by Crippen LogP contribution is -2.41. The van der Waals surface area contributed by atoms with E-state index in [1.165, 1.54) is 5.56 Å². The average Bonchev–Trinajstić information content (AvgIpc) is 2.68. The van der Waals surface area contributed by atoms with Crippen LogP contribution in [-0.4, -0.2) is 42.6 Å². The van der Waals surface area contributed by atoms with Gasteiger partial charge in [-0.05, 0) is 67.1 Å². The van der Waals surface area contributed by atoms with E-state index >= 15 is 0 Å². The van der Waals surface area contributed by atoms with Crippen molar-refractivity contribution in [2.75, 3.05) is 26.8 Å². The standard InChI is InChI=1S/C20H24N2O3/c1-24-18-2-4-19(5-3-18)25-15-20(23)22-12-8-17(9-13-22)14-16-6-10-21-11-7-16/h2-7,10-11,17H,8-9,12-15H2,1H3. The molecule has 1 saturated heterocycles. The lowest BCUT2D eigenvalue weighted by atomic mass is 9.90. The molecule has 5 heteroatoms. The molecule has 5 nitrogen and oxygen atoms in total. The fourth-order valence-corrected chi connectivity index (χ4v) is 3.15. The van der Waals surface area contributed by atoms with Gasteiger partial charge < -0.3 is 14.4 Å². The molecule has 2 aromatic rings. The Balaban J connectivity index is 1.41. The van der Waals surface area contributed by atoms with Crippen molar-refractivity contribution < 1.29 is 14.3 Å². The maximum Gasteiger partial charge on any atom is 0.260 e. The molecule has 0 radical (unpaired) electrons. The first-order valence-electron chi connectivity index (χ1n) is 8.68. The van der Waals surface area contributed by atoms with Gasteiger partial charge in [0.15, 0.2) is 6.61 Å². The van der Waals surface area contributed by atoms with E-state index in [0.717, 1.165) is 38.1 Å². The smallest absolute Gasteiger partial charge is 0.260 e. The number of carbonyl (C=O) groups excluding carboxylic acids is 1. The zero-order chi connectivity index (χ0) is 17.5. The van der Waals surface area contributed by atoms with Crippen LogP contribution in [0.5, 0.6) is 11.5 Å². The van der Waals surface area contributed by atoms with Gasteiger partial charge >= 0.3 is 0 Å². The molecule has 0 spiro atoms. The van der Waals surface area contributed by atoms with Gasteiger partial charge in [-0.25, -0.2) is 0 Å². The first-order chi connectivity index (χ1) is 12.2. The first kappa shape index (κ1) is 17.3. The van der Waals surface area contributed by atoms with Crippen molar-refractivity contribution in [2.45, 2.75) is 19.3 Å². The maximum absolute atomic E-state index is 12.3. The largest absolute Gasteiger partial charge is 0.497 e. The molecule has 0 N–H and O–H groups in total. The molecule has 1 aromatic carbocycles. The van der Waals surface area contributed by atoms with E-state index in [1.807, 2.05) is 41.6 Å². The van der Waals surface area contributed by atoms with Crippen LogP contribution in [0.3, 0.4) is 0 Å². The summed E-state index contributed by atoms with van der Waals surface area (Å²) in [7, 11) is 1.62. The van der Waals surface area contributed by atoms with Crippen LogP contribution in [0, 0.1) is 5.92 Å². The van der Waals surface area contributed by atoms with Crippen molar-refractivity contribution in [3.8, 4) is 11.5 Å². The quantitative estimate of drug-likeness (QED) is 0.811. The second-order valence-corrected chi connectivity index (χ2v) is 6.35. The van der Waals surface area contributed by atoms with Crippen molar-refractivity contribution in [1.82, 2.24) is 9.88 Å². The van der Waals surface area contributed by atoms with Crippen molar-refractivity contribution in [1.29, 1.82) is 0 Å². The molecule has 0 bridgehead atoms. The van der Waals surface area contributed by atoms with E-state index in [4.69, 9.17) is 9.47 Å². The van der Waals surface area contributed by atoms with Gasteiger partial charge in [-0.15, -0.1) is 0 Å². The summed E-state index contributed by atoms with van der Waals surface area (Å²) in [5, 5.41) is 0. The highest BCUT2D eigenvalue weighted by molar-refractivity contribution is 5.77. The molecular weight excluding hydrogens is 316 g/mol. The number of carbonyl (C=O) groups is 1. The summed E-state index contributed by atoms with van der Waals surface area (Å²) in [5.74, 6) is 2.14. The van der Waals surface area contributed by atoms with Gasteiger partial charge in [-0.2, -0.15) is 0 Å². The number of methoxy groups -OCH3 is 1. The monoisotopic (exact) mass is 340 g/mol. The molecule has 0 saturated carbocycles. The lowest BCUT2D eigenvalue weighted by Gasteiger charge is -2.32. The Bertz CT molecular complexity index is 665. The molecular formula is C20H24N2O3. The van der Waals surface area contributed by atoms with Gasteiger partial charge in [-0.3, -0.25) is 9.78 Å². The molecule has 132 valence electrons. The number of ether oxygens (including phenoxy) is 2. The number of nitrogens with zero attached hydrogens (tertiary/aromatic N) is 2. The Kier molecular flexibility index (Phi) is 5.88. The molecule has 0 unspecified atom stereocenters. The molecule has 0 aliphatic carbocycles. The Hall–Kier alpha value is -2.56. The van der Waals surface area contributed by atoms with Crippen LogP contribution >= 0.6 is 0 Å². The zero-order valence-electron chi connectivity index (χ0n) is 14.6. The summed E-state index contributed by atoms with van der Waals surface area (Å²) in [5.41, 5.74) is 1.32. The number of piperidine rings is 1. The van der Waals surface area contributed by atoms with Crippen LogP contribution in [0.15, 0.2) is 48.8 Å². The van der Waals surface area contributed by atoms with Crippen molar-refractivity contribution in [3.63, 3.8) is 0 Å². The van der Waals surface area contributed by atoms with E-state index in [9.17, 15) is 4.79 Å². The molecule has 1 fully saturated rings. The molecule has 0 atom stereocenters. The van der Waals surface area contributed by atoms with E-state index in [1.54, 1.807) is 7.11 Å². The summed E-state index contributed by atoms with van der Waals surface area (Å²) in [4.78, 5) is 18.3. The summed E-state index contributed by atoms with van der Waals surface area (Å²) in [6.45, 7) is 1.70. The highest BCUT2D eigenvalue weighted by Crippen LogP contribution is 2.22. The summed E-state index contributed by atoms with van der Waals surface area (Å²) in [6.07, 6.45) is 6.81.